The molecule has 0 spiro atoms. The van der Waals surface area contributed by atoms with Crippen LogP contribution in [0.4, 0.5) is 11.4 Å². The molecule has 0 fully saturated rings. The molecule has 0 saturated carbocycles. The third-order valence-electron chi connectivity index (χ3n) is 2.67. The summed E-state index contributed by atoms with van der Waals surface area (Å²) in [4.78, 5) is 17.3. The maximum absolute atomic E-state index is 10.7. The van der Waals surface area contributed by atoms with Gasteiger partial charge in [0.1, 0.15) is 0 Å². The van der Waals surface area contributed by atoms with Gasteiger partial charge in [-0.05, 0) is 19.1 Å². The lowest BCUT2D eigenvalue weighted by atomic mass is 10.2. The van der Waals surface area contributed by atoms with E-state index in [1.165, 1.54) is 6.07 Å². The van der Waals surface area contributed by atoms with E-state index in [4.69, 9.17) is 0 Å². The second kappa shape index (κ2) is 5.31. The summed E-state index contributed by atoms with van der Waals surface area (Å²) in [5.41, 5.74) is 2.75. The number of nitrogens with zero attached hydrogens (tertiary/aromatic N) is 2. The van der Waals surface area contributed by atoms with Crippen LogP contribution in [0.15, 0.2) is 30.7 Å². The van der Waals surface area contributed by atoms with Crippen molar-refractivity contribution in [3.8, 4) is 0 Å². The van der Waals surface area contributed by atoms with Crippen LogP contribution >= 0.6 is 0 Å². The number of nitrogens with one attached hydrogen (secondary N) is 2. The monoisotopic (exact) mass is 246 g/mol. The highest BCUT2D eigenvalue weighted by molar-refractivity contribution is 5.53. The van der Waals surface area contributed by atoms with Crippen molar-refractivity contribution < 1.29 is 4.92 Å². The lowest BCUT2D eigenvalue weighted by Gasteiger charge is -2.06. The van der Waals surface area contributed by atoms with E-state index >= 15 is 0 Å². The molecular weight excluding hydrogens is 232 g/mol. The van der Waals surface area contributed by atoms with Gasteiger partial charge in [0.05, 0.1) is 11.3 Å². The molecule has 94 valence electrons. The fourth-order valence-electron chi connectivity index (χ4n) is 1.73. The average Bonchev–Trinajstić information content (AvgIpc) is 2.81. The minimum absolute atomic E-state index is 0.147. The first-order chi connectivity index (χ1) is 8.66. The van der Waals surface area contributed by atoms with E-state index in [9.17, 15) is 10.1 Å². The first kappa shape index (κ1) is 12.1. The van der Waals surface area contributed by atoms with E-state index in [2.05, 4.69) is 15.3 Å². The number of H-pyrrole nitrogens is 1. The Balaban J connectivity index is 1.94. The summed E-state index contributed by atoms with van der Waals surface area (Å²) in [5.74, 6) is 0. The molecule has 0 amide bonds. The Bertz CT molecular complexity index is 537. The highest BCUT2D eigenvalue weighted by Gasteiger charge is 2.09. The maximum atomic E-state index is 10.7. The number of imidazole rings is 1. The Labute approximate surface area is 104 Å². The SMILES string of the molecule is Cc1cc(NCCc2cnc[nH]2)ccc1[N+](=O)[O-]. The molecule has 0 saturated heterocycles. The Morgan fingerprint density at radius 2 is 2.33 bits per heavy atom. The van der Waals surface area contributed by atoms with Crippen LogP contribution < -0.4 is 5.32 Å². The first-order valence-electron chi connectivity index (χ1n) is 5.63. The molecular formula is C12H14N4O2. The van der Waals surface area contributed by atoms with Crippen LogP contribution in [-0.4, -0.2) is 21.4 Å². The van der Waals surface area contributed by atoms with Crippen LogP contribution in [-0.2, 0) is 6.42 Å². The number of anilines is 1. The molecule has 0 atom stereocenters. The molecule has 1 aromatic heterocycles. The van der Waals surface area contributed by atoms with Gasteiger partial charge in [-0.3, -0.25) is 10.1 Å². The normalized spacial score (nSPS) is 10.3. The van der Waals surface area contributed by atoms with E-state index in [1.54, 1.807) is 31.6 Å². The molecule has 2 aromatic rings. The van der Waals surface area contributed by atoms with Gasteiger partial charge in [0.2, 0.25) is 0 Å². The predicted octanol–water partition coefficient (Wildman–Crippen LogP) is 2.28. The van der Waals surface area contributed by atoms with E-state index in [0.29, 0.717) is 5.56 Å². The molecule has 2 N–H and O–H groups in total. The lowest BCUT2D eigenvalue weighted by Crippen LogP contribution is -2.05. The van der Waals surface area contributed by atoms with E-state index in [-0.39, 0.29) is 10.6 Å². The van der Waals surface area contributed by atoms with Gasteiger partial charge in [-0.2, -0.15) is 0 Å². The molecule has 2 rings (SSSR count). The summed E-state index contributed by atoms with van der Waals surface area (Å²) in [6, 6.07) is 5.02. The van der Waals surface area contributed by atoms with Crippen LogP contribution in [0.2, 0.25) is 0 Å². The fraction of sp³-hybridized carbons (Fsp3) is 0.250. The van der Waals surface area contributed by atoms with Crippen LogP contribution in [0.5, 0.6) is 0 Å². The molecule has 1 heterocycles. The summed E-state index contributed by atoms with van der Waals surface area (Å²) >= 11 is 0. The molecule has 18 heavy (non-hydrogen) atoms. The molecule has 0 radical (unpaired) electrons. The summed E-state index contributed by atoms with van der Waals surface area (Å²) in [6.45, 7) is 2.48. The number of nitro benzene ring substituents is 1. The van der Waals surface area contributed by atoms with Gasteiger partial charge in [-0.25, -0.2) is 4.98 Å². The van der Waals surface area contributed by atoms with Crippen LogP contribution in [0.1, 0.15) is 11.3 Å². The third-order valence-corrected chi connectivity index (χ3v) is 2.67. The molecule has 0 bridgehead atoms. The summed E-state index contributed by atoms with van der Waals surface area (Å²) < 4.78 is 0. The van der Waals surface area contributed by atoms with Crippen molar-refractivity contribution in [1.82, 2.24) is 9.97 Å². The molecule has 0 unspecified atom stereocenters. The Morgan fingerprint density at radius 1 is 1.50 bits per heavy atom. The number of aromatic amines is 1. The number of benzene rings is 1. The van der Waals surface area contributed by atoms with Gasteiger partial charge in [0, 0.05) is 42.2 Å². The standard InChI is InChI=1S/C12H14N4O2/c1-9-6-10(2-3-12(9)16(17)18)14-5-4-11-7-13-8-15-11/h2-3,6-8,14H,4-5H2,1H3,(H,13,15). The highest BCUT2D eigenvalue weighted by atomic mass is 16.6. The number of aromatic nitrogens is 2. The number of nitro groups is 1. The van der Waals surface area contributed by atoms with Gasteiger partial charge in [0.15, 0.2) is 0 Å². The Morgan fingerprint density at radius 3 is 2.94 bits per heavy atom. The third kappa shape index (κ3) is 2.85. The molecule has 0 aliphatic carbocycles. The number of hydrogen-bond donors (Lipinski definition) is 2. The van der Waals surface area contributed by atoms with E-state index in [0.717, 1.165) is 24.3 Å². The molecule has 6 heteroatoms. The van der Waals surface area contributed by atoms with Gasteiger partial charge in [-0.15, -0.1) is 0 Å². The van der Waals surface area contributed by atoms with Crippen molar-refractivity contribution in [3.63, 3.8) is 0 Å². The van der Waals surface area contributed by atoms with Crippen LogP contribution in [0.25, 0.3) is 0 Å². The first-order valence-corrected chi connectivity index (χ1v) is 5.63. The van der Waals surface area contributed by atoms with Gasteiger partial charge >= 0.3 is 0 Å². The van der Waals surface area contributed by atoms with E-state index in [1.807, 2.05) is 0 Å². The van der Waals surface area contributed by atoms with Crippen molar-refractivity contribution in [2.45, 2.75) is 13.3 Å². The van der Waals surface area contributed by atoms with Crippen molar-refractivity contribution >= 4 is 11.4 Å². The average molecular weight is 246 g/mol. The number of aryl methyl sites for hydroxylation is 1. The van der Waals surface area contributed by atoms with Crippen LogP contribution in [0.3, 0.4) is 0 Å². The zero-order valence-electron chi connectivity index (χ0n) is 10.0. The highest BCUT2D eigenvalue weighted by Crippen LogP contribution is 2.21. The van der Waals surface area contributed by atoms with Gasteiger partial charge < -0.3 is 10.3 Å². The quantitative estimate of drug-likeness (QED) is 0.626. The van der Waals surface area contributed by atoms with Gasteiger partial charge in [0.25, 0.3) is 5.69 Å². The summed E-state index contributed by atoms with van der Waals surface area (Å²) in [5, 5.41) is 13.9. The summed E-state index contributed by atoms with van der Waals surface area (Å²) in [7, 11) is 0. The molecule has 6 nitrogen and oxygen atoms in total. The zero-order chi connectivity index (χ0) is 13.0. The van der Waals surface area contributed by atoms with Crippen molar-refractivity contribution in [1.29, 1.82) is 0 Å². The predicted molar refractivity (Wildman–Crippen MR) is 68.6 cm³/mol. The zero-order valence-corrected chi connectivity index (χ0v) is 10.0. The number of rotatable bonds is 5. The lowest BCUT2D eigenvalue weighted by molar-refractivity contribution is -0.385. The van der Waals surface area contributed by atoms with E-state index < -0.39 is 0 Å². The van der Waals surface area contributed by atoms with Gasteiger partial charge in [-0.1, -0.05) is 0 Å². The minimum Gasteiger partial charge on any atom is -0.385 e. The van der Waals surface area contributed by atoms with Crippen molar-refractivity contribution in [2.24, 2.45) is 0 Å². The molecule has 0 aliphatic rings. The Kier molecular flexibility index (Phi) is 3.57. The largest absolute Gasteiger partial charge is 0.385 e. The summed E-state index contributed by atoms with van der Waals surface area (Å²) in [6.07, 6.45) is 4.25. The molecule has 1 aromatic carbocycles. The topological polar surface area (TPSA) is 83.8 Å². The van der Waals surface area contributed by atoms with Crippen molar-refractivity contribution in [2.75, 3.05) is 11.9 Å². The fourth-order valence-corrected chi connectivity index (χ4v) is 1.73. The van der Waals surface area contributed by atoms with Crippen molar-refractivity contribution in [3.05, 3.63) is 52.1 Å². The maximum Gasteiger partial charge on any atom is 0.272 e. The Hall–Kier alpha value is -2.37. The van der Waals surface area contributed by atoms with Crippen LogP contribution in [0, 0.1) is 17.0 Å². The smallest absolute Gasteiger partial charge is 0.272 e. The second-order valence-corrected chi connectivity index (χ2v) is 4.01. The molecule has 0 aliphatic heterocycles. The minimum atomic E-state index is -0.371. The number of hydrogen-bond acceptors (Lipinski definition) is 4. The second-order valence-electron chi connectivity index (χ2n) is 4.01.